The van der Waals surface area contributed by atoms with Crippen molar-refractivity contribution < 1.29 is 13.9 Å². The molecule has 1 N–H and O–H groups in total. The van der Waals surface area contributed by atoms with Gasteiger partial charge in [0, 0.05) is 30.4 Å². The van der Waals surface area contributed by atoms with Gasteiger partial charge >= 0.3 is 0 Å². The minimum atomic E-state index is -0.642. The molecule has 6 heteroatoms. The van der Waals surface area contributed by atoms with Gasteiger partial charge in [0.1, 0.15) is 11.5 Å². The lowest BCUT2D eigenvalue weighted by Crippen LogP contribution is -2.29. The molecule has 0 spiro atoms. The molecule has 2 aliphatic carbocycles. The molecule has 23 heavy (non-hydrogen) atoms. The summed E-state index contributed by atoms with van der Waals surface area (Å²) in [6.45, 7) is 1.74. The molecule has 2 saturated carbocycles. The number of hydrogen-bond donors (Lipinski definition) is 1. The maximum Gasteiger partial charge on any atom is 0.152 e. The van der Waals surface area contributed by atoms with E-state index >= 15 is 0 Å². The minimum Gasteiger partial charge on any atom is -0.396 e. The first kappa shape index (κ1) is 14.8. The van der Waals surface area contributed by atoms with Crippen LogP contribution in [0.5, 0.6) is 0 Å². The van der Waals surface area contributed by atoms with Crippen molar-refractivity contribution in [2.24, 2.45) is 5.92 Å². The highest BCUT2D eigenvalue weighted by molar-refractivity contribution is 5.63. The molecule has 0 unspecified atom stereocenters. The molecule has 0 atom stereocenters. The number of pyridine rings is 1. The Hall–Kier alpha value is -1.82. The highest BCUT2D eigenvalue weighted by Crippen LogP contribution is 2.45. The Morgan fingerprint density at radius 2 is 2.00 bits per heavy atom. The second-order valence-corrected chi connectivity index (χ2v) is 6.74. The van der Waals surface area contributed by atoms with Crippen LogP contribution in [0, 0.1) is 24.5 Å². The lowest BCUT2D eigenvalue weighted by atomic mass is 9.81. The Labute approximate surface area is 133 Å². The molecule has 4 nitrogen and oxygen atoms in total. The Morgan fingerprint density at radius 3 is 2.65 bits per heavy atom. The lowest BCUT2D eigenvalue weighted by molar-refractivity contribution is 0.105. The molecule has 2 aromatic rings. The first-order valence-electron chi connectivity index (χ1n) is 8.09. The number of aromatic nitrogens is 3. The van der Waals surface area contributed by atoms with Crippen molar-refractivity contribution in [3.05, 3.63) is 35.3 Å². The van der Waals surface area contributed by atoms with Crippen LogP contribution >= 0.6 is 0 Å². The van der Waals surface area contributed by atoms with Gasteiger partial charge in [-0.2, -0.15) is 5.10 Å². The fourth-order valence-electron chi connectivity index (χ4n) is 3.25. The largest absolute Gasteiger partial charge is 0.396 e. The van der Waals surface area contributed by atoms with Crippen molar-refractivity contribution in [3.8, 4) is 11.3 Å². The van der Waals surface area contributed by atoms with Crippen LogP contribution in [0.25, 0.3) is 11.3 Å². The Kier molecular flexibility index (Phi) is 3.44. The summed E-state index contributed by atoms with van der Waals surface area (Å²) in [5.74, 6) is -0.584. The summed E-state index contributed by atoms with van der Waals surface area (Å²) in [6.07, 6.45) is 5.72. The SMILES string of the molecule is Cc1nc(-c2cn(C3CC(CO)C3)nc2C2CC2)c(F)cc1F. The molecule has 4 rings (SSSR count). The van der Waals surface area contributed by atoms with E-state index in [1.54, 1.807) is 0 Å². The van der Waals surface area contributed by atoms with E-state index in [1.807, 2.05) is 10.9 Å². The van der Waals surface area contributed by atoms with E-state index in [9.17, 15) is 8.78 Å². The smallest absolute Gasteiger partial charge is 0.152 e. The maximum absolute atomic E-state index is 14.2. The molecule has 0 aliphatic heterocycles. The van der Waals surface area contributed by atoms with Crippen LogP contribution in [0.2, 0.25) is 0 Å². The molecule has 0 amide bonds. The highest BCUT2D eigenvalue weighted by atomic mass is 19.1. The van der Waals surface area contributed by atoms with Gasteiger partial charge in [0.15, 0.2) is 5.82 Å². The minimum absolute atomic E-state index is 0.190. The van der Waals surface area contributed by atoms with Crippen LogP contribution in [-0.2, 0) is 0 Å². The van der Waals surface area contributed by atoms with Crippen LogP contribution < -0.4 is 0 Å². The number of halogens is 2. The van der Waals surface area contributed by atoms with E-state index in [2.05, 4.69) is 10.1 Å². The fraction of sp³-hybridized carbons (Fsp3) is 0.529. The monoisotopic (exact) mass is 319 g/mol. The zero-order chi connectivity index (χ0) is 16.1. The van der Waals surface area contributed by atoms with Crippen LogP contribution in [0.4, 0.5) is 8.78 Å². The van der Waals surface area contributed by atoms with Gasteiger partial charge in [0.25, 0.3) is 0 Å². The third-order valence-corrected chi connectivity index (χ3v) is 4.93. The second kappa shape index (κ2) is 5.37. The van der Waals surface area contributed by atoms with Crippen molar-refractivity contribution in [2.75, 3.05) is 6.61 Å². The third-order valence-electron chi connectivity index (χ3n) is 4.93. The van der Waals surface area contributed by atoms with E-state index in [0.29, 0.717) is 17.4 Å². The molecule has 0 saturated heterocycles. The number of aryl methyl sites for hydroxylation is 1. The van der Waals surface area contributed by atoms with Crippen LogP contribution in [0.3, 0.4) is 0 Å². The van der Waals surface area contributed by atoms with Gasteiger partial charge in [0.2, 0.25) is 0 Å². The van der Waals surface area contributed by atoms with Gasteiger partial charge in [-0.15, -0.1) is 0 Å². The average molecular weight is 319 g/mol. The van der Waals surface area contributed by atoms with Crippen LogP contribution in [0.1, 0.15) is 49.0 Å². The van der Waals surface area contributed by atoms with E-state index < -0.39 is 11.6 Å². The summed E-state index contributed by atoms with van der Waals surface area (Å²) in [7, 11) is 0. The zero-order valence-electron chi connectivity index (χ0n) is 13.0. The highest BCUT2D eigenvalue weighted by Gasteiger charge is 2.35. The first-order valence-corrected chi connectivity index (χ1v) is 8.09. The quantitative estimate of drug-likeness (QED) is 0.940. The molecular formula is C17H19F2N3O. The lowest BCUT2D eigenvalue weighted by Gasteiger charge is -2.34. The molecule has 122 valence electrons. The number of hydrogen-bond acceptors (Lipinski definition) is 3. The zero-order valence-corrected chi connectivity index (χ0v) is 13.0. The molecule has 2 heterocycles. The van der Waals surface area contributed by atoms with Crippen molar-refractivity contribution in [1.82, 2.24) is 14.8 Å². The van der Waals surface area contributed by atoms with E-state index in [1.165, 1.54) is 6.92 Å². The second-order valence-electron chi connectivity index (χ2n) is 6.74. The molecule has 2 aromatic heterocycles. The molecule has 0 radical (unpaired) electrons. The standard InChI is InChI=1S/C17H19F2N3O/c1-9-14(18)6-15(19)17(20-9)13-7-22(12-4-10(5-12)8-23)21-16(13)11-2-3-11/h6-7,10-12,23H,2-5,8H2,1H3. The average Bonchev–Trinajstić information content (AvgIpc) is 3.23. The summed E-state index contributed by atoms with van der Waals surface area (Å²) in [5.41, 5.74) is 1.94. The summed E-state index contributed by atoms with van der Waals surface area (Å²) in [6, 6.07) is 1.15. The normalized spacial score (nSPS) is 23.8. The summed E-state index contributed by atoms with van der Waals surface area (Å²) in [5, 5.41) is 13.8. The van der Waals surface area contributed by atoms with Gasteiger partial charge in [-0.05, 0) is 38.5 Å². The number of rotatable bonds is 4. The predicted molar refractivity (Wildman–Crippen MR) is 80.9 cm³/mol. The number of aliphatic hydroxyl groups excluding tert-OH is 1. The van der Waals surface area contributed by atoms with Crippen LogP contribution in [-0.4, -0.2) is 26.5 Å². The van der Waals surface area contributed by atoms with E-state index in [-0.39, 0.29) is 24.0 Å². The van der Waals surface area contributed by atoms with E-state index in [0.717, 1.165) is 37.4 Å². The van der Waals surface area contributed by atoms with Gasteiger partial charge in [0.05, 0.1) is 17.4 Å². The first-order chi connectivity index (χ1) is 11.1. The fourth-order valence-corrected chi connectivity index (χ4v) is 3.25. The molecule has 0 bridgehead atoms. The van der Waals surface area contributed by atoms with Gasteiger partial charge in [-0.25, -0.2) is 13.8 Å². The summed E-state index contributed by atoms with van der Waals surface area (Å²) < 4.78 is 29.6. The third kappa shape index (κ3) is 2.55. The molecular weight excluding hydrogens is 300 g/mol. The Morgan fingerprint density at radius 1 is 1.26 bits per heavy atom. The number of aliphatic hydroxyl groups is 1. The van der Waals surface area contributed by atoms with Crippen LogP contribution in [0.15, 0.2) is 12.3 Å². The number of nitrogens with zero attached hydrogens (tertiary/aromatic N) is 3. The summed E-state index contributed by atoms with van der Waals surface area (Å²) >= 11 is 0. The predicted octanol–water partition coefficient (Wildman–Crippen LogP) is 3.35. The summed E-state index contributed by atoms with van der Waals surface area (Å²) in [4.78, 5) is 4.12. The topological polar surface area (TPSA) is 50.9 Å². The van der Waals surface area contributed by atoms with Gasteiger partial charge < -0.3 is 5.11 Å². The molecule has 0 aromatic carbocycles. The van der Waals surface area contributed by atoms with Gasteiger partial charge in [-0.3, -0.25) is 4.68 Å². The van der Waals surface area contributed by atoms with Crippen molar-refractivity contribution >= 4 is 0 Å². The van der Waals surface area contributed by atoms with Crippen molar-refractivity contribution in [2.45, 2.75) is 44.6 Å². The maximum atomic E-state index is 14.2. The van der Waals surface area contributed by atoms with Gasteiger partial charge in [-0.1, -0.05) is 0 Å². The molecule has 2 aliphatic rings. The molecule has 2 fully saturated rings. The Bertz CT molecular complexity index is 749. The van der Waals surface area contributed by atoms with Crippen molar-refractivity contribution in [1.29, 1.82) is 0 Å². The van der Waals surface area contributed by atoms with E-state index in [4.69, 9.17) is 5.11 Å². The Balaban J connectivity index is 1.73. The van der Waals surface area contributed by atoms with Crippen molar-refractivity contribution in [3.63, 3.8) is 0 Å².